The summed E-state index contributed by atoms with van der Waals surface area (Å²) in [7, 11) is 0. The molecule has 3 rings (SSSR count). The summed E-state index contributed by atoms with van der Waals surface area (Å²) in [5.41, 5.74) is 3.20. The van der Waals surface area contributed by atoms with Crippen LogP contribution in [-0.2, 0) is 6.61 Å². The minimum atomic E-state index is -2.52. The molecule has 0 heterocycles. The highest BCUT2D eigenvalue weighted by molar-refractivity contribution is 5.38. The lowest BCUT2D eigenvalue weighted by atomic mass is 9.77. The maximum atomic E-state index is 13.2. The monoisotopic (exact) mass is 372 g/mol. The predicted molar refractivity (Wildman–Crippen MR) is 107 cm³/mol. The van der Waals surface area contributed by atoms with Crippen LogP contribution in [0.25, 0.3) is 0 Å². The van der Waals surface area contributed by atoms with Crippen molar-refractivity contribution in [1.29, 1.82) is 0 Å². The van der Waals surface area contributed by atoms with Crippen molar-refractivity contribution in [2.75, 3.05) is 0 Å². The maximum Gasteiger partial charge on any atom is 0.267 e. The molecule has 0 aliphatic heterocycles. The third kappa shape index (κ3) is 5.31. The zero-order chi connectivity index (χ0) is 19.2. The predicted octanol–water partition coefficient (Wildman–Crippen LogP) is 7.59. The Labute approximate surface area is 161 Å². The number of halogens is 2. The van der Waals surface area contributed by atoms with Crippen molar-refractivity contribution < 1.29 is 13.5 Å². The van der Waals surface area contributed by atoms with Gasteiger partial charge in [0, 0.05) is 0 Å². The average Bonchev–Trinajstić information content (AvgIpc) is 2.68. The quantitative estimate of drug-likeness (QED) is 0.486. The first-order chi connectivity index (χ1) is 13.1. The lowest BCUT2D eigenvalue weighted by molar-refractivity contribution is 0.144. The first-order valence-electron chi connectivity index (χ1n) is 10.2. The van der Waals surface area contributed by atoms with Crippen molar-refractivity contribution in [3.05, 3.63) is 64.7 Å². The zero-order valence-electron chi connectivity index (χ0n) is 16.4. The second-order valence-corrected chi connectivity index (χ2v) is 7.88. The van der Waals surface area contributed by atoms with Crippen LogP contribution in [0.4, 0.5) is 8.78 Å². The average molecular weight is 372 g/mol. The molecule has 0 radical (unpaired) electrons. The molecule has 1 aliphatic carbocycles. The molecule has 0 saturated heterocycles. The first kappa shape index (κ1) is 19.9. The molecule has 0 aromatic heterocycles. The summed E-state index contributed by atoms with van der Waals surface area (Å²) >= 11 is 0. The Morgan fingerprint density at radius 1 is 1.00 bits per heavy atom. The Balaban J connectivity index is 1.57. The molecular weight excluding hydrogens is 342 g/mol. The van der Waals surface area contributed by atoms with Gasteiger partial charge in [-0.2, -0.15) is 0 Å². The minimum Gasteiger partial charge on any atom is -0.488 e. The van der Waals surface area contributed by atoms with Crippen molar-refractivity contribution in [1.82, 2.24) is 0 Å². The number of hydrogen-bond acceptors (Lipinski definition) is 1. The number of alkyl halides is 2. The van der Waals surface area contributed by atoms with E-state index < -0.39 is 6.43 Å². The molecule has 1 aliphatic rings. The SMILES string of the molecule is CCCC1CCC(c2ccc(COc3ccc(C)cc3C(F)F)cc2)CC1. The molecule has 0 atom stereocenters. The second-order valence-electron chi connectivity index (χ2n) is 7.88. The molecule has 0 bridgehead atoms. The number of ether oxygens (including phenoxy) is 1. The third-order valence-corrected chi connectivity index (χ3v) is 5.79. The Morgan fingerprint density at radius 2 is 1.70 bits per heavy atom. The van der Waals surface area contributed by atoms with E-state index in [4.69, 9.17) is 4.74 Å². The molecule has 0 N–H and O–H groups in total. The van der Waals surface area contributed by atoms with Gasteiger partial charge >= 0.3 is 0 Å². The second kappa shape index (κ2) is 9.34. The Kier molecular flexibility index (Phi) is 6.87. The van der Waals surface area contributed by atoms with Gasteiger partial charge in [-0.15, -0.1) is 0 Å². The van der Waals surface area contributed by atoms with Crippen LogP contribution in [0, 0.1) is 12.8 Å². The third-order valence-electron chi connectivity index (χ3n) is 5.79. The smallest absolute Gasteiger partial charge is 0.267 e. The Hall–Kier alpha value is -1.90. The van der Waals surface area contributed by atoms with E-state index in [1.165, 1.54) is 50.2 Å². The van der Waals surface area contributed by atoms with Gasteiger partial charge in [-0.05, 0) is 67.7 Å². The number of rotatable bonds is 7. The summed E-state index contributed by atoms with van der Waals surface area (Å²) in [6.45, 7) is 4.39. The molecule has 3 heteroatoms. The summed E-state index contributed by atoms with van der Waals surface area (Å²) in [5, 5.41) is 0. The summed E-state index contributed by atoms with van der Waals surface area (Å²) in [5.74, 6) is 1.85. The van der Waals surface area contributed by atoms with Gasteiger partial charge in [0.25, 0.3) is 6.43 Å². The van der Waals surface area contributed by atoms with Crippen molar-refractivity contribution in [3.8, 4) is 5.75 Å². The van der Waals surface area contributed by atoms with Crippen molar-refractivity contribution in [3.63, 3.8) is 0 Å². The van der Waals surface area contributed by atoms with Crippen LogP contribution in [0.3, 0.4) is 0 Å². The highest BCUT2D eigenvalue weighted by Gasteiger charge is 2.21. The number of hydrogen-bond donors (Lipinski definition) is 0. The largest absolute Gasteiger partial charge is 0.488 e. The van der Waals surface area contributed by atoms with Gasteiger partial charge in [-0.3, -0.25) is 0 Å². The lowest BCUT2D eigenvalue weighted by Gasteiger charge is -2.28. The van der Waals surface area contributed by atoms with Crippen LogP contribution in [0.1, 0.15) is 80.0 Å². The highest BCUT2D eigenvalue weighted by Crippen LogP contribution is 2.37. The van der Waals surface area contributed by atoms with Crippen LogP contribution in [-0.4, -0.2) is 0 Å². The van der Waals surface area contributed by atoms with Crippen LogP contribution >= 0.6 is 0 Å². The van der Waals surface area contributed by atoms with Crippen LogP contribution in [0.2, 0.25) is 0 Å². The molecular formula is C24H30F2O. The molecule has 2 aromatic rings. The van der Waals surface area contributed by atoms with E-state index in [0.717, 1.165) is 17.0 Å². The fraction of sp³-hybridized carbons (Fsp3) is 0.500. The fourth-order valence-corrected chi connectivity index (χ4v) is 4.21. The summed E-state index contributed by atoms with van der Waals surface area (Å²) in [6, 6.07) is 13.5. The molecule has 0 spiro atoms. The van der Waals surface area contributed by atoms with E-state index in [1.54, 1.807) is 12.1 Å². The van der Waals surface area contributed by atoms with Gasteiger partial charge in [-0.1, -0.05) is 55.7 Å². The molecule has 0 amide bonds. The maximum absolute atomic E-state index is 13.2. The van der Waals surface area contributed by atoms with Gasteiger partial charge in [0.2, 0.25) is 0 Å². The molecule has 146 valence electrons. The van der Waals surface area contributed by atoms with E-state index in [1.807, 2.05) is 6.92 Å². The molecule has 1 saturated carbocycles. The lowest BCUT2D eigenvalue weighted by Crippen LogP contribution is -2.13. The topological polar surface area (TPSA) is 9.23 Å². The fourth-order valence-electron chi connectivity index (χ4n) is 4.21. The molecule has 27 heavy (non-hydrogen) atoms. The highest BCUT2D eigenvalue weighted by atomic mass is 19.3. The summed E-state index contributed by atoms with van der Waals surface area (Å²) in [4.78, 5) is 0. The van der Waals surface area contributed by atoms with Crippen molar-refractivity contribution in [2.45, 2.75) is 71.3 Å². The zero-order valence-corrected chi connectivity index (χ0v) is 16.4. The van der Waals surface area contributed by atoms with E-state index in [0.29, 0.717) is 12.5 Å². The first-order valence-corrected chi connectivity index (χ1v) is 10.2. The van der Waals surface area contributed by atoms with Gasteiger partial charge < -0.3 is 4.74 Å². The molecule has 1 nitrogen and oxygen atoms in total. The van der Waals surface area contributed by atoms with Crippen LogP contribution in [0.5, 0.6) is 5.75 Å². The van der Waals surface area contributed by atoms with Gasteiger partial charge in [0.05, 0.1) is 5.56 Å². The molecule has 1 fully saturated rings. The van der Waals surface area contributed by atoms with E-state index in [2.05, 4.69) is 31.2 Å². The standard InChI is InChI=1S/C24H30F2O/c1-3-4-18-6-10-20(11-7-18)21-12-8-19(9-13-21)16-27-23-14-5-17(2)15-22(23)24(25)26/h5,8-9,12-15,18,20,24H,3-4,6-7,10-11,16H2,1-2H3. The van der Waals surface area contributed by atoms with Gasteiger partial charge in [-0.25, -0.2) is 8.78 Å². The molecule has 0 unspecified atom stereocenters. The minimum absolute atomic E-state index is 0.0320. The molecule has 2 aromatic carbocycles. The summed E-state index contributed by atoms with van der Waals surface area (Å²) in [6.07, 6.45) is 5.37. The summed E-state index contributed by atoms with van der Waals surface area (Å²) < 4.78 is 32.1. The van der Waals surface area contributed by atoms with Gasteiger partial charge in [0.1, 0.15) is 12.4 Å². The van der Waals surface area contributed by atoms with Crippen molar-refractivity contribution >= 4 is 0 Å². The van der Waals surface area contributed by atoms with E-state index in [9.17, 15) is 8.78 Å². The van der Waals surface area contributed by atoms with E-state index >= 15 is 0 Å². The van der Waals surface area contributed by atoms with Crippen LogP contribution in [0.15, 0.2) is 42.5 Å². The Morgan fingerprint density at radius 3 is 2.33 bits per heavy atom. The Bertz CT molecular complexity index is 716. The van der Waals surface area contributed by atoms with E-state index in [-0.39, 0.29) is 11.3 Å². The van der Waals surface area contributed by atoms with Crippen molar-refractivity contribution in [2.24, 2.45) is 5.92 Å². The van der Waals surface area contributed by atoms with Crippen LogP contribution < -0.4 is 4.74 Å². The number of benzene rings is 2. The van der Waals surface area contributed by atoms with Gasteiger partial charge in [0.15, 0.2) is 0 Å². The normalized spacial score (nSPS) is 20.0. The number of aryl methyl sites for hydroxylation is 1.